The number of halogens is 2. The molecular weight excluding hydrogens is 281 g/mol. The molecule has 0 spiro atoms. The zero-order chi connectivity index (χ0) is 11.4. The highest BCUT2D eigenvalue weighted by Gasteiger charge is 2.11. The lowest BCUT2D eigenvalue weighted by atomic mass is 10.3. The van der Waals surface area contributed by atoms with Crippen LogP contribution < -0.4 is 5.32 Å². The summed E-state index contributed by atoms with van der Waals surface area (Å²) >= 11 is 0. The van der Waals surface area contributed by atoms with Crippen LogP contribution in [0.1, 0.15) is 0 Å². The van der Waals surface area contributed by atoms with Crippen LogP contribution in [0.4, 0.5) is 5.69 Å². The van der Waals surface area contributed by atoms with Crippen molar-refractivity contribution in [1.82, 2.24) is 20.0 Å². The monoisotopic (exact) mass is 297 g/mol. The van der Waals surface area contributed by atoms with E-state index in [9.17, 15) is 10.1 Å². The van der Waals surface area contributed by atoms with Crippen LogP contribution in [-0.2, 0) is 6.54 Å². The van der Waals surface area contributed by atoms with E-state index in [0.717, 1.165) is 32.7 Å². The maximum Gasteiger partial charge on any atom is 0.306 e. The molecule has 1 aliphatic heterocycles. The van der Waals surface area contributed by atoms with E-state index in [0.29, 0.717) is 6.54 Å². The summed E-state index contributed by atoms with van der Waals surface area (Å²) in [5.74, 6) is 0. The van der Waals surface area contributed by atoms with Crippen LogP contribution in [0.5, 0.6) is 0 Å². The Hall–Kier alpha value is -0.890. The third-order valence-corrected chi connectivity index (χ3v) is 2.69. The van der Waals surface area contributed by atoms with E-state index in [1.54, 1.807) is 4.68 Å². The number of nitro groups is 1. The highest BCUT2D eigenvalue weighted by molar-refractivity contribution is 5.85. The molecule has 0 saturated carbocycles. The van der Waals surface area contributed by atoms with Gasteiger partial charge in [0.1, 0.15) is 12.4 Å². The smallest absolute Gasteiger partial charge is 0.306 e. The molecule has 0 unspecified atom stereocenters. The maximum absolute atomic E-state index is 10.5. The van der Waals surface area contributed by atoms with Gasteiger partial charge in [-0.05, 0) is 0 Å². The summed E-state index contributed by atoms with van der Waals surface area (Å²) in [6.45, 7) is 5.68. The van der Waals surface area contributed by atoms with E-state index < -0.39 is 4.92 Å². The molecule has 9 heteroatoms. The van der Waals surface area contributed by atoms with E-state index >= 15 is 0 Å². The Bertz CT molecular complexity index is 368. The molecule has 1 aliphatic rings. The average molecular weight is 298 g/mol. The van der Waals surface area contributed by atoms with Crippen molar-refractivity contribution in [1.29, 1.82) is 0 Å². The number of rotatable bonds is 4. The lowest BCUT2D eigenvalue weighted by Crippen LogP contribution is -2.44. The van der Waals surface area contributed by atoms with E-state index in [4.69, 9.17) is 0 Å². The first-order valence-corrected chi connectivity index (χ1v) is 5.35. The van der Waals surface area contributed by atoms with Crippen LogP contribution in [0.2, 0.25) is 0 Å². The fraction of sp³-hybridized carbons (Fsp3) is 0.667. The number of hydrogen-bond donors (Lipinski definition) is 1. The number of piperazine rings is 1. The quantitative estimate of drug-likeness (QED) is 0.648. The average Bonchev–Trinajstić information content (AvgIpc) is 2.76. The zero-order valence-electron chi connectivity index (χ0n) is 9.82. The molecule has 1 N–H and O–H groups in total. The molecule has 0 radical (unpaired) electrons. The third-order valence-electron chi connectivity index (χ3n) is 2.69. The molecular formula is C9H17Cl2N5O2. The summed E-state index contributed by atoms with van der Waals surface area (Å²) in [4.78, 5) is 12.4. The van der Waals surface area contributed by atoms with Crippen molar-refractivity contribution in [3.63, 3.8) is 0 Å². The van der Waals surface area contributed by atoms with Crippen LogP contribution in [0.3, 0.4) is 0 Å². The predicted molar refractivity (Wildman–Crippen MR) is 72.7 cm³/mol. The summed E-state index contributed by atoms with van der Waals surface area (Å²) in [6, 6.07) is 0. The molecule has 1 aromatic rings. The van der Waals surface area contributed by atoms with Crippen molar-refractivity contribution >= 4 is 30.5 Å². The number of hydrogen-bond acceptors (Lipinski definition) is 5. The lowest BCUT2D eigenvalue weighted by Gasteiger charge is -2.26. The SMILES string of the molecule is Cl.Cl.O=[N+]([O-])c1cnn(CCN2CCNCC2)c1. The normalized spacial score (nSPS) is 15.6. The molecule has 7 nitrogen and oxygen atoms in total. The molecule has 0 aliphatic carbocycles. The number of nitrogens with one attached hydrogen (secondary N) is 1. The molecule has 1 aromatic heterocycles. The van der Waals surface area contributed by atoms with Gasteiger partial charge in [0.15, 0.2) is 0 Å². The Morgan fingerprint density at radius 3 is 2.56 bits per heavy atom. The maximum atomic E-state index is 10.5. The van der Waals surface area contributed by atoms with Crippen molar-refractivity contribution in [3.8, 4) is 0 Å². The Morgan fingerprint density at radius 2 is 2.00 bits per heavy atom. The first-order chi connectivity index (χ1) is 7.75. The Labute approximate surface area is 117 Å². The lowest BCUT2D eigenvalue weighted by molar-refractivity contribution is -0.385. The van der Waals surface area contributed by atoms with Crippen molar-refractivity contribution < 1.29 is 4.92 Å². The van der Waals surface area contributed by atoms with Gasteiger partial charge in [0, 0.05) is 32.7 Å². The first-order valence-electron chi connectivity index (χ1n) is 5.35. The number of aromatic nitrogens is 2. The summed E-state index contributed by atoms with van der Waals surface area (Å²) < 4.78 is 1.63. The first kappa shape index (κ1) is 17.1. The molecule has 0 aromatic carbocycles. The molecule has 1 saturated heterocycles. The van der Waals surface area contributed by atoms with Gasteiger partial charge in [0.05, 0.1) is 11.5 Å². The van der Waals surface area contributed by atoms with E-state index in [1.807, 2.05) is 0 Å². The minimum Gasteiger partial charge on any atom is -0.314 e. The summed E-state index contributed by atoms with van der Waals surface area (Å²) in [5, 5.41) is 17.7. The molecule has 18 heavy (non-hydrogen) atoms. The standard InChI is InChI=1S/C9H15N5O2.2ClH/c15-14(16)9-7-11-13(8-9)6-5-12-3-1-10-2-4-12;;/h7-8,10H,1-6H2;2*1H. The van der Waals surface area contributed by atoms with Crippen LogP contribution in [0, 0.1) is 10.1 Å². The second kappa shape index (κ2) is 8.25. The second-order valence-electron chi connectivity index (χ2n) is 3.81. The van der Waals surface area contributed by atoms with E-state index in [-0.39, 0.29) is 30.5 Å². The molecule has 0 amide bonds. The largest absolute Gasteiger partial charge is 0.314 e. The van der Waals surface area contributed by atoms with Gasteiger partial charge in [-0.1, -0.05) is 0 Å². The predicted octanol–water partition coefficient (Wildman–Crippen LogP) is 0.540. The molecule has 2 heterocycles. The van der Waals surface area contributed by atoms with Gasteiger partial charge in [-0.2, -0.15) is 5.10 Å². The van der Waals surface area contributed by atoms with Gasteiger partial charge in [0.2, 0.25) is 0 Å². The molecule has 104 valence electrons. The highest BCUT2D eigenvalue weighted by atomic mass is 35.5. The van der Waals surface area contributed by atoms with E-state index in [2.05, 4.69) is 15.3 Å². The third kappa shape index (κ3) is 4.77. The molecule has 0 atom stereocenters. The van der Waals surface area contributed by atoms with Crippen molar-refractivity contribution in [2.75, 3.05) is 32.7 Å². The fourth-order valence-corrected chi connectivity index (χ4v) is 1.75. The van der Waals surface area contributed by atoms with Crippen molar-refractivity contribution in [3.05, 3.63) is 22.5 Å². The van der Waals surface area contributed by atoms with Crippen LogP contribution >= 0.6 is 24.8 Å². The fourth-order valence-electron chi connectivity index (χ4n) is 1.75. The molecule has 0 bridgehead atoms. The Kier molecular flexibility index (Phi) is 7.85. The van der Waals surface area contributed by atoms with Crippen LogP contribution in [0.15, 0.2) is 12.4 Å². The van der Waals surface area contributed by atoms with Gasteiger partial charge in [-0.3, -0.25) is 19.7 Å². The zero-order valence-corrected chi connectivity index (χ0v) is 11.5. The Morgan fingerprint density at radius 1 is 1.33 bits per heavy atom. The summed E-state index contributed by atoms with van der Waals surface area (Å²) in [5.41, 5.74) is 0.0558. The highest BCUT2D eigenvalue weighted by Crippen LogP contribution is 2.07. The minimum atomic E-state index is -0.422. The topological polar surface area (TPSA) is 76.2 Å². The van der Waals surface area contributed by atoms with Gasteiger partial charge in [-0.15, -0.1) is 24.8 Å². The van der Waals surface area contributed by atoms with Gasteiger partial charge >= 0.3 is 5.69 Å². The Balaban J connectivity index is 0.00000144. The molecule has 2 rings (SSSR count). The molecule has 1 fully saturated rings. The second-order valence-corrected chi connectivity index (χ2v) is 3.81. The summed E-state index contributed by atoms with van der Waals surface area (Å²) in [7, 11) is 0. The van der Waals surface area contributed by atoms with Gasteiger partial charge in [-0.25, -0.2) is 0 Å². The van der Waals surface area contributed by atoms with E-state index in [1.165, 1.54) is 12.4 Å². The van der Waals surface area contributed by atoms with Crippen molar-refractivity contribution in [2.45, 2.75) is 6.54 Å². The minimum absolute atomic E-state index is 0. The summed E-state index contributed by atoms with van der Waals surface area (Å²) in [6.07, 6.45) is 2.76. The van der Waals surface area contributed by atoms with Gasteiger partial charge < -0.3 is 5.32 Å². The number of nitrogens with zero attached hydrogens (tertiary/aromatic N) is 4. The van der Waals surface area contributed by atoms with Gasteiger partial charge in [0.25, 0.3) is 0 Å². The van der Waals surface area contributed by atoms with Crippen LogP contribution in [0.25, 0.3) is 0 Å². The van der Waals surface area contributed by atoms with Crippen molar-refractivity contribution in [2.24, 2.45) is 0 Å². The van der Waals surface area contributed by atoms with Crippen LogP contribution in [-0.4, -0.2) is 52.3 Å².